The molecule has 0 aromatic carbocycles. The van der Waals surface area contributed by atoms with Crippen molar-refractivity contribution in [2.75, 3.05) is 0 Å². The zero-order chi connectivity index (χ0) is 33.3. The quantitative estimate of drug-likeness (QED) is 0.206. The molecule has 0 saturated carbocycles. The molecule has 242 valence electrons. The smallest absolute Gasteiger partial charge is 0.460 e. The number of ether oxygens (including phenoxy) is 3. The number of hydrogen-bond donors (Lipinski definition) is 0. The third-order valence-electron chi connectivity index (χ3n) is 5.67. The van der Waals surface area contributed by atoms with E-state index in [2.05, 4.69) is 14.2 Å². The lowest BCUT2D eigenvalue weighted by atomic mass is 9.87. The monoisotopic (exact) mass is 646 g/mol. The van der Waals surface area contributed by atoms with Gasteiger partial charge in [0, 0.05) is 12.2 Å². The minimum Gasteiger partial charge on any atom is -0.462 e. The number of carbonyl (C=O) groups excluding carboxylic acids is 3. The maximum Gasteiger partial charge on any atom is 0.460 e. The summed E-state index contributed by atoms with van der Waals surface area (Å²) in [7, 11) is 0. The summed E-state index contributed by atoms with van der Waals surface area (Å²) in [5.41, 5.74) is 0. The van der Waals surface area contributed by atoms with Gasteiger partial charge in [-0.1, -0.05) is 12.2 Å². The summed E-state index contributed by atoms with van der Waals surface area (Å²) in [5, 5.41) is 0. The van der Waals surface area contributed by atoms with E-state index in [1.165, 1.54) is 0 Å². The molecule has 0 aliphatic carbocycles. The van der Waals surface area contributed by atoms with E-state index in [1.54, 1.807) is 0 Å². The fourth-order valence-corrected chi connectivity index (χ4v) is 3.43. The van der Waals surface area contributed by atoms with Crippen molar-refractivity contribution in [2.24, 2.45) is 11.8 Å². The molecule has 0 N–H and O–H groups in total. The normalized spacial score (nSPS) is 28.4. The summed E-state index contributed by atoms with van der Waals surface area (Å²) in [4.78, 5) is 36.0. The molecule has 1 aliphatic rings. The second-order valence-corrected chi connectivity index (χ2v) is 8.95. The largest absolute Gasteiger partial charge is 0.462 e. The van der Waals surface area contributed by atoms with Crippen LogP contribution in [0.4, 0.5) is 61.5 Å². The van der Waals surface area contributed by atoms with Crippen LogP contribution in [0.3, 0.4) is 0 Å². The lowest BCUT2D eigenvalue weighted by Gasteiger charge is -2.38. The van der Waals surface area contributed by atoms with Gasteiger partial charge in [0.05, 0.1) is 18.3 Å². The Morgan fingerprint density at radius 2 is 0.976 bits per heavy atom. The Morgan fingerprint density at radius 3 is 1.40 bits per heavy atom. The number of cyclic esters (lactones) is 3. The third kappa shape index (κ3) is 7.64. The predicted molar refractivity (Wildman–Crippen MR) is 108 cm³/mol. The Balaban J connectivity index is 3.71. The van der Waals surface area contributed by atoms with Gasteiger partial charge in [-0.3, -0.25) is 4.79 Å². The van der Waals surface area contributed by atoms with E-state index in [1.807, 2.05) is 0 Å². The highest BCUT2D eigenvalue weighted by molar-refractivity contribution is 5.83. The third-order valence-corrected chi connectivity index (χ3v) is 5.67. The maximum atomic E-state index is 14.7. The van der Waals surface area contributed by atoms with Crippen LogP contribution in [0.25, 0.3) is 0 Å². The zero-order valence-electron chi connectivity index (χ0n) is 21.1. The van der Waals surface area contributed by atoms with Gasteiger partial charge >= 0.3 is 54.0 Å². The van der Waals surface area contributed by atoms with Crippen LogP contribution in [-0.4, -0.2) is 72.3 Å². The first-order valence-electron chi connectivity index (χ1n) is 11.2. The Bertz CT molecular complexity index is 1060. The standard InChI is InChI=1S/C22H20F14O6/c1-9-8-16(39)42-10(2)12(17(23,24)19(27,28)20(29,30)22(34,35)36)4-7-15(38)41-11(3)13(5-6-14(37)40-9)18(25,26)21(31,32)33/h4-7,9-13H,8H2,1-3H3/b6-5+,7-4+/t9-,10-,11+,12-,13+/m0/s1. The number of alkyl halides is 14. The zero-order valence-corrected chi connectivity index (χ0v) is 21.1. The van der Waals surface area contributed by atoms with E-state index in [0.717, 1.165) is 6.92 Å². The van der Waals surface area contributed by atoms with Gasteiger partial charge in [0.15, 0.2) is 0 Å². The van der Waals surface area contributed by atoms with Crippen LogP contribution in [0.1, 0.15) is 27.2 Å². The minimum absolute atomic E-state index is 0.0559. The Kier molecular flexibility index (Phi) is 10.8. The van der Waals surface area contributed by atoms with Crippen LogP contribution < -0.4 is 0 Å². The van der Waals surface area contributed by atoms with E-state index >= 15 is 0 Å². The second kappa shape index (κ2) is 12.3. The number of halogens is 14. The number of esters is 3. The van der Waals surface area contributed by atoms with Gasteiger partial charge in [-0.05, 0) is 20.8 Å². The Hall–Kier alpha value is -3.09. The molecule has 0 saturated heterocycles. The molecule has 1 heterocycles. The SMILES string of the molecule is C[C@@H]1OC(=O)C[C@H](C)OC(=O)/C=C/[C@@H](C(F)(F)C(F)(F)F)[C@@H](C)OC(=O)/C=C/[C@@H]1C(F)(F)C(F)(F)C(F)(F)C(F)(F)F. The molecule has 5 atom stereocenters. The van der Waals surface area contributed by atoms with Crippen LogP contribution in [0.15, 0.2) is 24.3 Å². The molecule has 1 aliphatic heterocycles. The van der Waals surface area contributed by atoms with Crippen molar-refractivity contribution < 1.29 is 90.1 Å². The molecule has 42 heavy (non-hydrogen) atoms. The highest BCUT2D eigenvalue weighted by atomic mass is 19.4. The molecule has 0 fully saturated rings. The Labute approximate surface area is 226 Å². The van der Waals surface area contributed by atoms with Crippen LogP contribution in [0, 0.1) is 11.8 Å². The maximum absolute atomic E-state index is 14.7. The molecule has 0 amide bonds. The van der Waals surface area contributed by atoms with Gasteiger partial charge in [-0.15, -0.1) is 0 Å². The van der Waals surface area contributed by atoms with Crippen molar-refractivity contribution in [3.63, 3.8) is 0 Å². The van der Waals surface area contributed by atoms with Crippen molar-refractivity contribution in [3.8, 4) is 0 Å². The average Bonchev–Trinajstić information content (AvgIpc) is 2.76. The Morgan fingerprint density at radius 1 is 0.571 bits per heavy atom. The van der Waals surface area contributed by atoms with Crippen LogP contribution in [0.5, 0.6) is 0 Å². The van der Waals surface area contributed by atoms with Crippen molar-refractivity contribution in [1.29, 1.82) is 0 Å². The lowest BCUT2D eigenvalue weighted by molar-refractivity contribution is -0.403. The van der Waals surface area contributed by atoms with Crippen molar-refractivity contribution >= 4 is 17.9 Å². The lowest BCUT2D eigenvalue weighted by Crippen LogP contribution is -2.64. The van der Waals surface area contributed by atoms with Gasteiger partial charge in [0.25, 0.3) is 0 Å². The summed E-state index contributed by atoms with van der Waals surface area (Å²) in [6.07, 6.45) is -22.6. The molecule has 0 aromatic rings. The minimum atomic E-state index is -7.41. The first kappa shape index (κ1) is 36.9. The molecular formula is C22H20F14O6. The van der Waals surface area contributed by atoms with Gasteiger partial charge in [0.1, 0.15) is 18.3 Å². The van der Waals surface area contributed by atoms with E-state index in [4.69, 9.17) is 0 Å². The van der Waals surface area contributed by atoms with E-state index in [0.29, 0.717) is 13.8 Å². The first-order chi connectivity index (χ1) is 18.6. The molecule has 1 rings (SSSR count). The highest BCUT2D eigenvalue weighted by Crippen LogP contribution is 2.56. The summed E-state index contributed by atoms with van der Waals surface area (Å²) >= 11 is 0. The molecule has 0 unspecified atom stereocenters. The van der Waals surface area contributed by atoms with Crippen LogP contribution >= 0.6 is 0 Å². The second-order valence-electron chi connectivity index (χ2n) is 8.95. The van der Waals surface area contributed by atoms with Crippen molar-refractivity contribution in [2.45, 2.75) is 81.5 Å². The number of carbonyl (C=O) groups is 3. The summed E-state index contributed by atoms with van der Waals surface area (Å²) in [6, 6.07) is 0. The molecule has 0 spiro atoms. The van der Waals surface area contributed by atoms with Crippen LogP contribution in [-0.2, 0) is 28.6 Å². The first-order valence-corrected chi connectivity index (χ1v) is 11.2. The van der Waals surface area contributed by atoms with E-state index < -0.39 is 96.6 Å². The molecule has 20 heteroatoms. The fourth-order valence-electron chi connectivity index (χ4n) is 3.43. The molecule has 0 bridgehead atoms. The summed E-state index contributed by atoms with van der Waals surface area (Å²) in [5.74, 6) is -39.4. The fraction of sp³-hybridized carbons (Fsp3) is 0.682. The topological polar surface area (TPSA) is 78.9 Å². The number of rotatable bonds is 4. The van der Waals surface area contributed by atoms with E-state index in [-0.39, 0.29) is 18.2 Å². The molecular weight excluding hydrogens is 626 g/mol. The van der Waals surface area contributed by atoms with Gasteiger partial charge in [-0.25, -0.2) is 9.59 Å². The van der Waals surface area contributed by atoms with Crippen LogP contribution in [0.2, 0.25) is 0 Å². The summed E-state index contributed by atoms with van der Waals surface area (Å²) < 4.78 is 203. The van der Waals surface area contributed by atoms with E-state index in [9.17, 15) is 75.8 Å². The molecule has 6 nitrogen and oxygen atoms in total. The van der Waals surface area contributed by atoms with Gasteiger partial charge < -0.3 is 14.2 Å². The average molecular weight is 646 g/mol. The van der Waals surface area contributed by atoms with Crippen molar-refractivity contribution in [1.82, 2.24) is 0 Å². The van der Waals surface area contributed by atoms with Gasteiger partial charge in [-0.2, -0.15) is 61.5 Å². The number of hydrogen-bond acceptors (Lipinski definition) is 6. The van der Waals surface area contributed by atoms with Crippen molar-refractivity contribution in [3.05, 3.63) is 24.3 Å². The predicted octanol–water partition coefficient (Wildman–Crippen LogP) is 6.20. The molecule has 0 radical (unpaired) electrons. The molecule has 0 aromatic heterocycles. The summed E-state index contributed by atoms with van der Waals surface area (Å²) in [6.45, 7) is 1.57. The highest BCUT2D eigenvalue weighted by Gasteiger charge is 2.83. The van der Waals surface area contributed by atoms with Gasteiger partial charge in [0.2, 0.25) is 0 Å².